The molecule has 0 saturated carbocycles. The van der Waals surface area contributed by atoms with E-state index in [1.807, 2.05) is 0 Å². The second-order valence-corrected chi connectivity index (χ2v) is 4.03. The van der Waals surface area contributed by atoms with Crippen LogP contribution in [0.2, 0.25) is 0 Å². The number of nitrogens with zero attached hydrogens (tertiary/aromatic N) is 1. The van der Waals surface area contributed by atoms with E-state index in [2.05, 4.69) is 5.32 Å². The van der Waals surface area contributed by atoms with Gasteiger partial charge < -0.3 is 16.0 Å². The number of carbonyl (C=O) groups is 2. The third-order valence-corrected chi connectivity index (χ3v) is 2.36. The fourth-order valence-corrected chi connectivity index (χ4v) is 1.32. The van der Waals surface area contributed by atoms with Crippen molar-refractivity contribution in [1.29, 1.82) is 0 Å². The van der Waals surface area contributed by atoms with Crippen LogP contribution in [0.25, 0.3) is 0 Å². The van der Waals surface area contributed by atoms with Gasteiger partial charge in [-0.15, -0.1) is 0 Å². The maximum atomic E-state index is 13.3. The fraction of sp³-hybridized carbons (Fsp3) is 0.333. The molecule has 0 atom stereocenters. The highest BCUT2D eigenvalue weighted by atomic mass is 19.1. The summed E-state index contributed by atoms with van der Waals surface area (Å²) < 4.78 is 13.3. The van der Waals surface area contributed by atoms with Crippen LogP contribution in [0.5, 0.6) is 0 Å². The highest BCUT2D eigenvalue weighted by Crippen LogP contribution is 2.11. The number of halogens is 1. The Labute approximate surface area is 105 Å². The van der Waals surface area contributed by atoms with Gasteiger partial charge in [0.05, 0.1) is 5.56 Å². The van der Waals surface area contributed by atoms with E-state index >= 15 is 0 Å². The number of nitrogens with two attached hydrogens (primary N) is 1. The van der Waals surface area contributed by atoms with E-state index in [9.17, 15) is 14.0 Å². The zero-order chi connectivity index (χ0) is 13.7. The lowest BCUT2D eigenvalue weighted by molar-refractivity contribution is -0.128. The zero-order valence-corrected chi connectivity index (χ0v) is 10.4. The van der Waals surface area contributed by atoms with Gasteiger partial charge in [-0.25, -0.2) is 4.39 Å². The van der Waals surface area contributed by atoms with E-state index < -0.39 is 11.7 Å². The number of nitrogen functional groups attached to an aromatic ring is 1. The Morgan fingerprint density at radius 1 is 1.39 bits per heavy atom. The molecule has 1 aromatic rings. The lowest BCUT2D eigenvalue weighted by Gasteiger charge is -2.10. The molecule has 0 heterocycles. The Balaban J connectivity index is 2.56. The van der Waals surface area contributed by atoms with Crippen LogP contribution < -0.4 is 11.1 Å². The average molecular weight is 253 g/mol. The zero-order valence-electron chi connectivity index (χ0n) is 10.4. The molecule has 5 nitrogen and oxygen atoms in total. The van der Waals surface area contributed by atoms with Gasteiger partial charge in [0.1, 0.15) is 5.82 Å². The Kier molecular flexibility index (Phi) is 4.65. The molecular weight excluding hydrogens is 237 g/mol. The van der Waals surface area contributed by atoms with Crippen LogP contribution in [0.4, 0.5) is 10.1 Å². The van der Waals surface area contributed by atoms with Crippen molar-refractivity contribution in [2.75, 3.05) is 26.4 Å². The molecule has 0 aliphatic rings. The van der Waals surface area contributed by atoms with Crippen LogP contribution in [0.15, 0.2) is 18.2 Å². The van der Waals surface area contributed by atoms with Gasteiger partial charge in [0.25, 0.3) is 5.91 Å². The first-order valence-corrected chi connectivity index (χ1v) is 5.45. The van der Waals surface area contributed by atoms with Gasteiger partial charge in [0, 0.05) is 32.7 Å². The van der Waals surface area contributed by atoms with Crippen molar-refractivity contribution in [3.8, 4) is 0 Å². The van der Waals surface area contributed by atoms with Crippen molar-refractivity contribution in [2.45, 2.75) is 6.42 Å². The summed E-state index contributed by atoms with van der Waals surface area (Å²) in [6.07, 6.45) is 0.169. The summed E-state index contributed by atoms with van der Waals surface area (Å²) >= 11 is 0. The smallest absolute Gasteiger partial charge is 0.254 e. The molecule has 6 heteroatoms. The van der Waals surface area contributed by atoms with Crippen LogP contribution in [0.3, 0.4) is 0 Å². The third kappa shape index (κ3) is 3.73. The summed E-state index contributed by atoms with van der Waals surface area (Å²) in [5, 5.41) is 2.47. The topological polar surface area (TPSA) is 75.4 Å². The molecule has 18 heavy (non-hydrogen) atoms. The summed E-state index contributed by atoms with van der Waals surface area (Å²) in [4.78, 5) is 24.3. The first-order chi connectivity index (χ1) is 8.41. The van der Waals surface area contributed by atoms with Crippen LogP contribution in [-0.4, -0.2) is 37.4 Å². The lowest BCUT2D eigenvalue weighted by atomic mass is 10.1. The van der Waals surface area contributed by atoms with Crippen LogP contribution in [-0.2, 0) is 4.79 Å². The Bertz CT molecular complexity index is 461. The van der Waals surface area contributed by atoms with Gasteiger partial charge in [-0.1, -0.05) is 0 Å². The summed E-state index contributed by atoms with van der Waals surface area (Å²) in [5.41, 5.74) is 5.67. The standard InChI is InChI=1S/C12H16FN3O2/c1-16(2)11(17)5-6-15-12(18)9-7-8(14)3-4-10(9)13/h3-4,7H,5-6,14H2,1-2H3,(H,15,18). The number of hydrogen-bond donors (Lipinski definition) is 2. The van der Waals surface area contributed by atoms with Gasteiger partial charge in [0.15, 0.2) is 0 Å². The monoisotopic (exact) mass is 253 g/mol. The van der Waals surface area contributed by atoms with Crippen molar-refractivity contribution in [3.05, 3.63) is 29.6 Å². The predicted molar refractivity (Wildman–Crippen MR) is 66.5 cm³/mol. The van der Waals surface area contributed by atoms with E-state index in [4.69, 9.17) is 5.73 Å². The fourth-order valence-electron chi connectivity index (χ4n) is 1.32. The molecule has 0 saturated heterocycles. The molecule has 1 aromatic carbocycles. The number of amides is 2. The summed E-state index contributed by atoms with van der Waals surface area (Å²) in [6.45, 7) is 0.157. The molecule has 0 bridgehead atoms. The van der Waals surface area contributed by atoms with Crippen molar-refractivity contribution in [3.63, 3.8) is 0 Å². The Morgan fingerprint density at radius 2 is 2.06 bits per heavy atom. The molecule has 3 N–H and O–H groups in total. The summed E-state index contributed by atoms with van der Waals surface area (Å²) in [6, 6.07) is 3.77. The van der Waals surface area contributed by atoms with E-state index in [1.165, 1.54) is 17.0 Å². The lowest BCUT2D eigenvalue weighted by Crippen LogP contribution is -2.30. The molecule has 0 radical (unpaired) electrons. The van der Waals surface area contributed by atoms with Crippen LogP contribution in [0, 0.1) is 5.82 Å². The van der Waals surface area contributed by atoms with Crippen molar-refractivity contribution in [1.82, 2.24) is 10.2 Å². The number of anilines is 1. The normalized spacial score (nSPS) is 9.94. The molecule has 0 spiro atoms. The van der Waals surface area contributed by atoms with Crippen LogP contribution in [0.1, 0.15) is 16.8 Å². The minimum atomic E-state index is -0.638. The minimum absolute atomic E-state index is 0.108. The van der Waals surface area contributed by atoms with E-state index in [-0.39, 0.29) is 24.4 Å². The van der Waals surface area contributed by atoms with Crippen molar-refractivity contribution >= 4 is 17.5 Å². The highest BCUT2D eigenvalue weighted by molar-refractivity contribution is 5.95. The SMILES string of the molecule is CN(C)C(=O)CCNC(=O)c1cc(N)ccc1F. The minimum Gasteiger partial charge on any atom is -0.399 e. The maximum Gasteiger partial charge on any atom is 0.254 e. The second-order valence-electron chi connectivity index (χ2n) is 4.03. The summed E-state index contributed by atoms with van der Waals surface area (Å²) in [7, 11) is 3.25. The second kappa shape index (κ2) is 6.00. The molecule has 0 aromatic heterocycles. The third-order valence-electron chi connectivity index (χ3n) is 2.36. The molecule has 98 valence electrons. The van der Waals surface area contributed by atoms with E-state index in [1.54, 1.807) is 14.1 Å². The molecule has 0 fully saturated rings. The molecule has 0 aliphatic carbocycles. The molecule has 0 aliphatic heterocycles. The van der Waals surface area contributed by atoms with E-state index in [0.29, 0.717) is 5.69 Å². The van der Waals surface area contributed by atoms with Gasteiger partial charge in [-0.2, -0.15) is 0 Å². The number of hydrogen-bond acceptors (Lipinski definition) is 3. The Morgan fingerprint density at radius 3 is 2.67 bits per heavy atom. The van der Waals surface area contributed by atoms with Gasteiger partial charge in [-0.05, 0) is 18.2 Å². The number of nitrogens with one attached hydrogen (secondary N) is 1. The quantitative estimate of drug-likeness (QED) is 0.772. The first-order valence-electron chi connectivity index (χ1n) is 5.45. The van der Waals surface area contributed by atoms with Crippen molar-refractivity contribution in [2.24, 2.45) is 0 Å². The molecule has 2 amide bonds. The maximum absolute atomic E-state index is 13.3. The highest BCUT2D eigenvalue weighted by Gasteiger charge is 2.12. The molecule has 0 unspecified atom stereocenters. The van der Waals surface area contributed by atoms with Gasteiger partial charge in [0.2, 0.25) is 5.91 Å². The molecular formula is C12H16FN3O2. The number of carbonyl (C=O) groups excluding carboxylic acids is 2. The van der Waals surface area contributed by atoms with E-state index in [0.717, 1.165) is 6.07 Å². The largest absolute Gasteiger partial charge is 0.399 e. The average Bonchev–Trinajstić information content (AvgIpc) is 2.31. The summed E-state index contributed by atoms with van der Waals surface area (Å²) in [5.74, 6) is -1.32. The van der Waals surface area contributed by atoms with Gasteiger partial charge >= 0.3 is 0 Å². The van der Waals surface area contributed by atoms with Gasteiger partial charge in [-0.3, -0.25) is 9.59 Å². The predicted octanol–water partition coefficient (Wildman–Crippen LogP) is 0.616. The number of benzene rings is 1. The van der Waals surface area contributed by atoms with Crippen molar-refractivity contribution < 1.29 is 14.0 Å². The molecule has 1 rings (SSSR count). The van der Waals surface area contributed by atoms with Crippen LogP contribution >= 0.6 is 0 Å². The Hall–Kier alpha value is -2.11. The number of rotatable bonds is 4. The first kappa shape index (κ1) is 14.0.